The number of fused-ring (bicyclic) bond motifs is 7. The van der Waals surface area contributed by atoms with E-state index in [0.29, 0.717) is 25.4 Å². The van der Waals surface area contributed by atoms with Crippen molar-refractivity contribution >= 4 is 5.78 Å². The second-order valence-electron chi connectivity index (χ2n) is 25.8. The van der Waals surface area contributed by atoms with Crippen LogP contribution in [0.15, 0.2) is 11.6 Å². The summed E-state index contributed by atoms with van der Waals surface area (Å²) < 4.78 is 72.5. The standard InChI is InChI=1S/C55H86O28/c1-19-7-8-55(74-16-19)20(2)34-29(83-55)10-24-22-6-5-21-9-28(25(59)12-53(21,3)23(22)11-33(62)54(24,34)4)75-50-42(70)39(67)44(32(15-58)78-50)79-52-47(46(38(66)31(14-57)77-52)81-49-41(69)36(64)27(61)18-73-49)82-51-43(71)45(37(65)30(13-56)76-51)80-48-40(68)35(63)26(60)17-72-48/h5,19-20,22-32,34-52,56-61,63-71H,6-18H2,1-4H3/t19-,20+,22-,23+,24+,25-,26-,27-,28-,29+,30-,31-,32-,34+,35+,36+,37-,38-,39-,40-,41-,42-,43-,44+,45+,46+,47-,48+,49+,50-,51+,52+,53+,54-,55-/m1/s1. The molecule has 1 spiro atoms. The van der Waals surface area contributed by atoms with Gasteiger partial charge in [0.05, 0.1) is 58.0 Å². The van der Waals surface area contributed by atoms with Crippen molar-refractivity contribution in [2.45, 2.75) is 238 Å². The van der Waals surface area contributed by atoms with E-state index in [4.69, 9.17) is 56.8 Å². The first-order valence-electron chi connectivity index (χ1n) is 29.4. The molecule has 7 heterocycles. The maximum atomic E-state index is 14.8. The first-order chi connectivity index (χ1) is 39.4. The van der Waals surface area contributed by atoms with Crippen LogP contribution in [-0.2, 0) is 61.6 Å². The molecule has 7 saturated heterocycles. The van der Waals surface area contributed by atoms with Gasteiger partial charge in [0.25, 0.3) is 0 Å². The lowest BCUT2D eigenvalue weighted by molar-refractivity contribution is -0.408. The van der Waals surface area contributed by atoms with E-state index in [0.717, 1.165) is 24.8 Å². The first kappa shape index (κ1) is 62.9. The molecule has 28 nitrogen and oxygen atoms in total. The van der Waals surface area contributed by atoms with Gasteiger partial charge in [-0.05, 0) is 61.2 Å². The van der Waals surface area contributed by atoms with Gasteiger partial charge in [0.1, 0.15) is 116 Å². The molecular formula is C55H86O28. The predicted octanol–water partition coefficient (Wildman–Crippen LogP) is -5.74. The van der Waals surface area contributed by atoms with Gasteiger partial charge in [0.2, 0.25) is 0 Å². The zero-order valence-electron chi connectivity index (χ0n) is 46.8. The highest BCUT2D eigenvalue weighted by atomic mass is 16.8. The number of aliphatic hydroxyl groups excluding tert-OH is 15. The van der Waals surface area contributed by atoms with E-state index in [1.165, 1.54) is 0 Å². The van der Waals surface area contributed by atoms with Crippen molar-refractivity contribution in [2.75, 3.05) is 39.6 Å². The third-order valence-electron chi connectivity index (χ3n) is 21.1. The minimum Gasteiger partial charge on any atom is -0.394 e. The lowest BCUT2D eigenvalue weighted by Crippen LogP contribution is -2.69. The maximum absolute atomic E-state index is 14.8. The summed E-state index contributed by atoms with van der Waals surface area (Å²) in [6.07, 6.45) is -38.9. The average molecular weight is 1200 g/mol. The topological polar surface area (TPSA) is 431 Å². The highest BCUT2D eigenvalue weighted by Crippen LogP contribution is 2.70. The summed E-state index contributed by atoms with van der Waals surface area (Å²) in [7, 11) is 0. The molecule has 0 bridgehead atoms. The molecule has 83 heavy (non-hydrogen) atoms. The van der Waals surface area contributed by atoms with Gasteiger partial charge in [-0.25, -0.2) is 0 Å². The Labute approximate surface area is 478 Å². The maximum Gasteiger partial charge on any atom is 0.187 e. The number of allylic oxidation sites excluding steroid dienone is 1. The lowest BCUT2D eigenvalue weighted by atomic mass is 9.46. The highest BCUT2D eigenvalue weighted by Gasteiger charge is 2.72. The molecule has 0 amide bonds. The van der Waals surface area contributed by atoms with Crippen LogP contribution in [0.4, 0.5) is 0 Å². The Morgan fingerprint density at radius 2 is 1.12 bits per heavy atom. The summed E-state index contributed by atoms with van der Waals surface area (Å²) in [5.41, 5.74) is -0.227. The minimum atomic E-state index is -2.15. The van der Waals surface area contributed by atoms with Crippen molar-refractivity contribution in [3.8, 4) is 0 Å². The van der Waals surface area contributed by atoms with Crippen molar-refractivity contribution in [3.05, 3.63) is 11.6 Å². The number of hydrogen-bond acceptors (Lipinski definition) is 28. The van der Waals surface area contributed by atoms with Gasteiger partial charge in [-0.15, -0.1) is 0 Å². The average Bonchev–Trinajstić information content (AvgIpc) is 1.62. The molecule has 4 aliphatic carbocycles. The molecule has 35 atom stereocenters. The van der Waals surface area contributed by atoms with Gasteiger partial charge < -0.3 is 133 Å². The van der Waals surface area contributed by atoms with Crippen molar-refractivity contribution in [3.63, 3.8) is 0 Å². The second-order valence-corrected chi connectivity index (χ2v) is 25.8. The molecule has 28 heteroatoms. The van der Waals surface area contributed by atoms with Gasteiger partial charge in [-0.2, -0.15) is 0 Å². The van der Waals surface area contributed by atoms with Gasteiger partial charge >= 0.3 is 0 Å². The molecule has 11 aliphatic rings. The van der Waals surface area contributed by atoms with Gasteiger partial charge in [0, 0.05) is 30.1 Å². The Morgan fingerprint density at radius 1 is 0.566 bits per heavy atom. The fourth-order valence-electron chi connectivity index (χ4n) is 16.2. The van der Waals surface area contributed by atoms with E-state index in [1.54, 1.807) is 0 Å². The molecule has 0 aromatic heterocycles. The molecule has 3 saturated carbocycles. The Bertz CT molecular complexity index is 2280. The van der Waals surface area contributed by atoms with Crippen molar-refractivity contribution in [1.82, 2.24) is 0 Å². The summed E-state index contributed by atoms with van der Waals surface area (Å²) in [5, 5.41) is 165. The van der Waals surface area contributed by atoms with E-state index in [1.807, 2.05) is 0 Å². The fourth-order valence-corrected chi connectivity index (χ4v) is 16.2. The lowest BCUT2D eigenvalue weighted by Gasteiger charge is -2.58. The Balaban J connectivity index is 0.805. The number of carbonyl (C=O) groups is 1. The van der Waals surface area contributed by atoms with Crippen LogP contribution in [0.1, 0.15) is 72.6 Å². The summed E-state index contributed by atoms with van der Waals surface area (Å²) >= 11 is 0. The van der Waals surface area contributed by atoms with E-state index in [-0.39, 0.29) is 54.3 Å². The molecule has 474 valence electrons. The van der Waals surface area contributed by atoms with Crippen molar-refractivity contribution in [2.24, 2.45) is 46.3 Å². The molecule has 15 N–H and O–H groups in total. The number of rotatable bonds is 13. The summed E-state index contributed by atoms with van der Waals surface area (Å²) in [5.74, 6) is 0.139. The Hall–Kier alpha value is -1.67. The number of Topliss-reactive ketones (excluding diaryl/α,β-unsaturated/α-hetero) is 1. The molecule has 0 aromatic rings. The van der Waals surface area contributed by atoms with E-state index >= 15 is 0 Å². The van der Waals surface area contributed by atoms with Gasteiger partial charge in [-0.1, -0.05) is 39.3 Å². The quantitative estimate of drug-likeness (QED) is 0.0764. The summed E-state index contributed by atoms with van der Waals surface area (Å²) in [4.78, 5) is 14.8. The Kier molecular flexibility index (Phi) is 18.4. The number of aliphatic hydroxyl groups is 15. The molecular weight excluding hydrogens is 1110 g/mol. The Morgan fingerprint density at radius 3 is 1.73 bits per heavy atom. The van der Waals surface area contributed by atoms with Crippen LogP contribution in [0.3, 0.4) is 0 Å². The zero-order chi connectivity index (χ0) is 59.5. The molecule has 0 radical (unpaired) electrons. The molecule has 0 aromatic carbocycles. The van der Waals surface area contributed by atoms with Crippen molar-refractivity contribution in [1.29, 1.82) is 0 Å². The highest BCUT2D eigenvalue weighted by molar-refractivity contribution is 5.87. The van der Waals surface area contributed by atoms with Crippen LogP contribution in [0.2, 0.25) is 0 Å². The number of carbonyl (C=O) groups excluding carboxylic acids is 1. The second kappa shape index (κ2) is 24.3. The normalized spacial score (nSPS) is 56.4. The fraction of sp³-hybridized carbons (Fsp3) is 0.945. The van der Waals surface area contributed by atoms with Crippen LogP contribution in [0.25, 0.3) is 0 Å². The van der Waals surface area contributed by atoms with Crippen LogP contribution < -0.4 is 0 Å². The van der Waals surface area contributed by atoms with Crippen LogP contribution in [0.5, 0.6) is 0 Å². The molecule has 11 rings (SSSR count). The van der Waals surface area contributed by atoms with E-state index in [9.17, 15) is 81.4 Å². The van der Waals surface area contributed by atoms with Gasteiger partial charge in [-0.3, -0.25) is 4.79 Å². The molecule has 0 unspecified atom stereocenters. The third kappa shape index (κ3) is 10.8. The van der Waals surface area contributed by atoms with Crippen LogP contribution >= 0.6 is 0 Å². The van der Waals surface area contributed by atoms with Crippen LogP contribution in [0, 0.1) is 46.3 Å². The minimum absolute atomic E-state index is 0.0163. The third-order valence-corrected chi connectivity index (χ3v) is 21.1. The van der Waals surface area contributed by atoms with Crippen molar-refractivity contribution < 1.29 is 138 Å². The van der Waals surface area contributed by atoms with E-state index in [2.05, 4.69) is 33.8 Å². The number of ketones is 1. The zero-order valence-corrected chi connectivity index (χ0v) is 46.8. The van der Waals surface area contributed by atoms with E-state index < -0.39 is 203 Å². The summed E-state index contributed by atoms with van der Waals surface area (Å²) in [6, 6.07) is 0. The molecule has 7 aliphatic heterocycles. The number of ether oxygens (including phenoxy) is 12. The predicted molar refractivity (Wildman–Crippen MR) is 271 cm³/mol. The molecule has 10 fully saturated rings. The van der Waals surface area contributed by atoms with Crippen LogP contribution in [-0.4, -0.2) is 287 Å². The smallest absolute Gasteiger partial charge is 0.187 e. The van der Waals surface area contributed by atoms with Gasteiger partial charge in [0.15, 0.2) is 37.2 Å². The monoisotopic (exact) mass is 1190 g/mol. The largest absolute Gasteiger partial charge is 0.394 e. The summed E-state index contributed by atoms with van der Waals surface area (Å²) in [6.45, 7) is 5.20. The SMILES string of the molecule is C[C@@H]1CC[C@@]2(OC1)O[C@H]1C[C@H]3[C@@H]4CC=C5C[C@@H](O[C@@H]6O[C@H](CO)[C@H](O[C@@H]7O[C@H](CO)[C@@H](O)[C@H](O[C@@H]8OC[C@@H](O)[C@H](O)[C@H]8O)[C@H]7O[C@@H]7O[C@H](CO)[C@@H](O)[C@H](O[C@@H]8OC[C@@H](O)[C@H](O)[C@H]8O)[C@H]7O)[C@H](O)[C@H]6O)[C@H](O)C[C@]5(C)[C@H]4CC(=O)[C@]3(C)[C@H]1[C@@H]2C. The first-order valence-corrected chi connectivity index (χ1v) is 29.4. The number of hydrogen-bond donors (Lipinski definition) is 15.